The Bertz CT molecular complexity index is 3780. The van der Waals surface area contributed by atoms with Crippen LogP contribution < -0.4 is 0 Å². The first kappa shape index (κ1) is 61.1. The average Bonchev–Trinajstić information content (AvgIpc) is 0.963. The molecule has 0 nitrogen and oxygen atoms in total. The number of allylic oxidation sites excluding steroid dienone is 10. The first-order chi connectivity index (χ1) is 42.1. The van der Waals surface area contributed by atoms with E-state index >= 15 is 0 Å². The van der Waals surface area contributed by atoms with Crippen LogP contribution in [0.5, 0.6) is 0 Å². The predicted octanol–water partition coefficient (Wildman–Crippen LogP) is 25.1. The molecule has 0 aliphatic heterocycles. The zero-order valence-corrected chi connectivity index (χ0v) is 55.8. The number of rotatable bonds is 15. The third-order valence-electron chi connectivity index (χ3n) is 23.8. The topological polar surface area (TPSA) is 0 Å². The Morgan fingerprint density at radius 2 is 1.18 bits per heavy atom. The Balaban J connectivity index is 1.16. The summed E-state index contributed by atoms with van der Waals surface area (Å²) in [5.74, 6) is 4.85. The summed E-state index contributed by atoms with van der Waals surface area (Å²) >= 11 is 0. The first-order valence-electron chi connectivity index (χ1n) is 35.1. The minimum absolute atomic E-state index is 0.521. The molecule has 0 aromatic heterocycles. The maximum absolute atomic E-state index is 4.93. The van der Waals surface area contributed by atoms with Crippen molar-refractivity contribution in [2.75, 3.05) is 0 Å². The van der Waals surface area contributed by atoms with Crippen molar-refractivity contribution in [3.63, 3.8) is 0 Å². The van der Waals surface area contributed by atoms with E-state index in [9.17, 15) is 0 Å². The lowest BCUT2D eigenvalue weighted by Crippen LogP contribution is -2.19. The van der Waals surface area contributed by atoms with E-state index in [0.717, 1.165) is 44.4 Å². The minimum Gasteiger partial charge on any atom is -0.128 e. The highest BCUT2D eigenvalue weighted by Crippen LogP contribution is 2.58. The lowest BCUT2D eigenvalue weighted by Gasteiger charge is -2.37. The summed E-state index contributed by atoms with van der Waals surface area (Å²) in [6.45, 7) is 45.3. The van der Waals surface area contributed by atoms with E-state index in [0.29, 0.717) is 41.4 Å². The van der Waals surface area contributed by atoms with Crippen molar-refractivity contribution in [2.45, 2.75) is 229 Å². The Labute approximate surface area is 527 Å². The summed E-state index contributed by atoms with van der Waals surface area (Å²) < 4.78 is 0. The Hall–Kier alpha value is -6.20. The molecule has 0 heterocycles. The summed E-state index contributed by atoms with van der Waals surface area (Å²) in [4.78, 5) is 0. The molecule has 0 amide bonds. The van der Waals surface area contributed by atoms with E-state index in [4.69, 9.17) is 19.7 Å². The van der Waals surface area contributed by atoms with Gasteiger partial charge in [0.2, 0.25) is 0 Å². The predicted molar refractivity (Wildman–Crippen MR) is 381 cm³/mol. The van der Waals surface area contributed by atoms with Crippen molar-refractivity contribution >= 4 is 40.0 Å². The van der Waals surface area contributed by atoms with Gasteiger partial charge in [-0.1, -0.05) is 142 Å². The van der Waals surface area contributed by atoms with E-state index in [1.165, 1.54) is 235 Å². The fourth-order valence-electron chi connectivity index (χ4n) is 18.8. The summed E-state index contributed by atoms with van der Waals surface area (Å²) in [5.41, 5.74) is 45.1. The van der Waals surface area contributed by atoms with E-state index in [1.54, 1.807) is 22.3 Å². The van der Waals surface area contributed by atoms with Crippen molar-refractivity contribution in [3.05, 3.63) is 210 Å². The van der Waals surface area contributed by atoms with E-state index < -0.39 is 0 Å². The van der Waals surface area contributed by atoms with Gasteiger partial charge in [0.25, 0.3) is 0 Å². The molecule has 0 heteroatoms. The first-order valence-corrected chi connectivity index (χ1v) is 35.1. The third-order valence-corrected chi connectivity index (χ3v) is 23.8. The lowest BCUT2D eigenvalue weighted by molar-refractivity contribution is 0.348. The molecule has 8 aliphatic rings. The van der Waals surface area contributed by atoms with Crippen LogP contribution in [0.3, 0.4) is 0 Å². The molecule has 8 aliphatic carbocycles. The van der Waals surface area contributed by atoms with Gasteiger partial charge in [-0.25, -0.2) is 0 Å². The van der Waals surface area contributed by atoms with Crippen molar-refractivity contribution in [2.24, 2.45) is 29.6 Å². The molecule has 4 bridgehead atoms. The average molecular weight is 1150 g/mol. The summed E-state index contributed by atoms with van der Waals surface area (Å²) in [6, 6.07) is 20.8. The minimum atomic E-state index is 0.521. The lowest BCUT2D eigenvalue weighted by atomic mass is 9.66. The maximum Gasteiger partial charge on any atom is -0.0101 e. The molecular weight excluding hydrogens is 1040 g/mol. The molecule has 5 aromatic carbocycles. The molecule has 0 saturated heterocycles. The Morgan fingerprint density at radius 1 is 0.575 bits per heavy atom. The number of hydrogen-bond acceptors (Lipinski definition) is 0. The Morgan fingerprint density at radius 3 is 1.84 bits per heavy atom. The van der Waals surface area contributed by atoms with Gasteiger partial charge >= 0.3 is 0 Å². The van der Waals surface area contributed by atoms with Crippen molar-refractivity contribution < 1.29 is 0 Å². The smallest absolute Gasteiger partial charge is 0.0101 e. The highest BCUT2D eigenvalue weighted by molar-refractivity contribution is 6.03. The van der Waals surface area contributed by atoms with Crippen LogP contribution in [-0.4, -0.2) is 0 Å². The van der Waals surface area contributed by atoms with Crippen LogP contribution in [-0.2, 0) is 19.3 Å². The van der Waals surface area contributed by atoms with Crippen molar-refractivity contribution in [1.82, 2.24) is 0 Å². The molecule has 452 valence electrons. The van der Waals surface area contributed by atoms with Gasteiger partial charge in [-0.2, -0.15) is 0 Å². The zero-order valence-electron chi connectivity index (χ0n) is 55.8. The summed E-state index contributed by atoms with van der Waals surface area (Å²) in [5, 5.41) is 0. The van der Waals surface area contributed by atoms with E-state index in [1.807, 2.05) is 0 Å². The molecule has 87 heavy (non-hydrogen) atoms. The summed E-state index contributed by atoms with van der Waals surface area (Å²) in [7, 11) is 0. The van der Waals surface area contributed by atoms with Crippen molar-refractivity contribution in [3.8, 4) is 22.3 Å². The van der Waals surface area contributed by atoms with Gasteiger partial charge in [0.05, 0.1) is 0 Å². The maximum atomic E-state index is 4.93. The van der Waals surface area contributed by atoms with Crippen LogP contribution in [0.2, 0.25) is 0 Å². The van der Waals surface area contributed by atoms with E-state index in [2.05, 4.69) is 167 Å². The number of aryl methyl sites for hydroxylation is 5. The van der Waals surface area contributed by atoms with E-state index in [-0.39, 0.29) is 0 Å². The number of hydrogen-bond donors (Lipinski definition) is 0. The molecular formula is C87H104. The van der Waals surface area contributed by atoms with Gasteiger partial charge in [0, 0.05) is 0 Å². The van der Waals surface area contributed by atoms with Gasteiger partial charge in [0.15, 0.2) is 0 Å². The largest absolute Gasteiger partial charge is 0.128 e. The second-order valence-electron chi connectivity index (χ2n) is 28.9. The van der Waals surface area contributed by atoms with Crippen LogP contribution >= 0.6 is 0 Å². The molecule has 3 fully saturated rings. The van der Waals surface area contributed by atoms with Gasteiger partial charge in [-0.05, 0) is 383 Å². The fourth-order valence-corrected chi connectivity index (χ4v) is 18.8. The molecule has 0 spiro atoms. The van der Waals surface area contributed by atoms with Crippen LogP contribution in [0.4, 0.5) is 0 Å². The summed E-state index contributed by atoms with van der Waals surface area (Å²) in [6.07, 6.45) is 36.9. The molecule has 4 atom stereocenters. The monoisotopic (exact) mass is 1150 g/mol. The second kappa shape index (κ2) is 25.4. The van der Waals surface area contributed by atoms with Crippen molar-refractivity contribution in [1.29, 1.82) is 0 Å². The van der Waals surface area contributed by atoms with Gasteiger partial charge in [-0.15, -0.1) is 5.73 Å². The Kier molecular flexibility index (Phi) is 17.8. The van der Waals surface area contributed by atoms with Crippen LogP contribution in [0, 0.1) is 64.2 Å². The van der Waals surface area contributed by atoms with Crippen LogP contribution in [0.15, 0.2) is 110 Å². The standard InChI is InChI=1S/C87H104/c1-16-22-60(19-4)71(24-18-3)81-44-53(9)67(47-61(81)20-5)36-35-66-38-40-73-84(77-50-83-70-39-37-62(30-27-52(70)8)58(14)79(83)46-56(77)12)59(15)85(76-49-80(64-28-25-51(7)26-29-64)68(23-17-2)43-54(76)10)74-42-41-72(86(66)87(73)74)69(21-6)75-48-82-65-33-31-63(32-34-65)57(13)78(82)45-55(75)11/h21,23-24,35-36,43-52,60,62-65,70H,2,6,13-14,16,18-20,22,25-34,37-42H2,1,3-5,7-12,15H3/b36-35?,71-24?,72-69+. The number of benzene rings is 5. The molecule has 3 saturated carbocycles. The highest BCUT2D eigenvalue weighted by Gasteiger charge is 2.39. The van der Waals surface area contributed by atoms with Gasteiger partial charge in [0.1, 0.15) is 0 Å². The molecule has 0 N–H and O–H groups in total. The number of fused-ring (bicyclic) bond motifs is 7. The molecule has 0 radical (unpaired) electrons. The quantitative estimate of drug-likeness (QED) is 0.0917. The fraction of sp³-hybridized carbons (Fsp3) is 0.460. The zero-order chi connectivity index (χ0) is 61.1. The highest BCUT2D eigenvalue weighted by atomic mass is 14.4. The second-order valence-corrected chi connectivity index (χ2v) is 28.9. The normalized spacial score (nSPS) is 24.3. The van der Waals surface area contributed by atoms with Gasteiger partial charge < -0.3 is 0 Å². The SMILES string of the molecule is C=C=Cc1cc(C)c(-c2c(C)c(-c3cc4c(cc3C)C(=C)C3CCC(C)C4CC3)c3c4c2CC/C(=C(/C=C)c2cc5c(cc2C)C(=C)C2CCC5CC2)C4=C(C=Cc2cc(CC)c(C(=CCC)C(CC)CCC)cc2C)CC3)cc1C1CCC(C)CC1. The third kappa shape index (κ3) is 11.0. The molecule has 4 unspecified atom stereocenters. The molecule has 13 rings (SSSR count). The van der Waals surface area contributed by atoms with Gasteiger partial charge in [-0.3, -0.25) is 0 Å². The molecule has 5 aromatic rings. The van der Waals surface area contributed by atoms with Crippen LogP contribution in [0.25, 0.3) is 62.3 Å². The van der Waals surface area contributed by atoms with Crippen LogP contribution in [0.1, 0.15) is 275 Å².